The summed E-state index contributed by atoms with van der Waals surface area (Å²) in [6, 6.07) is 9.22. The molecule has 2 aromatic carbocycles. The number of carbonyl (C=O) groups is 2. The SMILES string of the molecule is O=C1c2ccccc2C(=O)c2c1ccc1[nH]c(S(=O)(=O)[O-])nc21. The number of imidazole rings is 1. The van der Waals surface area contributed by atoms with Crippen LogP contribution in [0.3, 0.4) is 0 Å². The zero-order chi connectivity index (χ0) is 16.4. The van der Waals surface area contributed by atoms with E-state index >= 15 is 0 Å². The van der Waals surface area contributed by atoms with Crippen molar-refractivity contribution in [3.8, 4) is 0 Å². The standard InChI is InChI=1S/C15H8N2O5S/c18-13-7-3-1-2-4-8(7)14(19)11-9(13)5-6-10-12(11)17-15(16-10)23(20,21)22/h1-6H,(H,16,17)(H,20,21,22)/p-1. The van der Waals surface area contributed by atoms with E-state index in [0.29, 0.717) is 0 Å². The van der Waals surface area contributed by atoms with Gasteiger partial charge in [0.15, 0.2) is 21.7 Å². The van der Waals surface area contributed by atoms with Crippen LogP contribution in [0.2, 0.25) is 0 Å². The fourth-order valence-corrected chi connectivity index (χ4v) is 3.19. The van der Waals surface area contributed by atoms with E-state index in [1.54, 1.807) is 18.2 Å². The summed E-state index contributed by atoms with van der Waals surface area (Å²) in [5.41, 5.74) is 0.881. The van der Waals surface area contributed by atoms with Crippen molar-refractivity contribution in [1.82, 2.24) is 9.97 Å². The highest BCUT2D eigenvalue weighted by molar-refractivity contribution is 7.85. The Kier molecular flexibility index (Phi) is 2.60. The van der Waals surface area contributed by atoms with E-state index < -0.39 is 21.1 Å². The van der Waals surface area contributed by atoms with Crippen LogP contribution in [0.15, 0.2) is 41.6 Å². The lowest BCUT2D eigenvalue weighted by atomic mass is 9.83. The number of ketones is 2. The molecule has 1 heterocycles. The van der Waals surface area contributed by atoms with E-state index in [-0.39, 0.29) is 39.1 Å². The van der Waals surface area contributed by atoms with Gasteiger partial charge in [-0.3, -0.25) is 9.59 Å². The summed E-state index contributed by atoms with van der Waals surface area (Å²) in [5, 5.41) is -0.778. The van der Waals surface area contributed by atoms with Crippen LogP contribution in [-0.2, 0) is 10.1 Å². The molecule has 0 radical (unpaired) electrons. The largest absolute Gasteiger partial charge is 0.742 e. The Morgan fingerprint density at radius 3 is 2.22 bits per heavy atom. The molecule has 0 saturated carbocycles. The molecule has 7 nitrogen and oxygen atoms in total. The smallest absolute Gasteiger partial charge is 0.213 e. The maximum atomic E-state index is 12.7. The van der Waals surface area contributed by atoms with Crippen LogP contribution in [0.4, 0.5) is 0 Å². The first-order chi connectivity index (χ1) is 10.9. The molecule has 0 saturated heterocycles. The monoisotopic (exact) mass is 327 g/mol. The van der Waals surface area contributed by atoms with Gasteiger partial charge in [-0.05, 0) is 12.1 Å². The van der Waals surface area contributed by atoms with Gasteiger partial charge in [0.25, 0.3) is 0 Å². The molecule has 8 heteroatoms. The van der Waals surface area contributed by atoms with Crippen LogP contribution in [0.5, 0.6) is 0 Å². The summed E-state index contributed by atoms with van der Waals surface area (Å²) in [5.74, 6) is -0.770. The molecule has 1 aromatic heterocycles. The highest BCUT2D eigenvalue weighted by Crippen LogP contribution is 2.31. The van der Waals surface area contributed by atoms with Crippen molar-refractivity contribution >= 4 is 32.7 Å². The number of nitrogens with zero attached hydrogens (tertiary/aromatic N) is 1. The number of H-pyrrole nitrogens is 1. The molecule has 114 valence electrons. The maximum Gasteiger partial charge on any atom is 0.213 e. The van der Waals surface area contributed by atoms with Crippen molar-refractivity contribution in [2.75, 3.05) is 0 Å². The molecule has 0 spiro atoms. The van der Waals surface area contributed by atoms with Crippen molar-refractivity contribution in [3.63, 3.8) is 0 Å². The first kappa shape index (κ1) is 13.8. The number of rotatable bonds is 1. The second-order valence-electron chi connectivity index (χ2n) is 5.08. The Balaban J connectivity index is 2.09. The van der Waals surface area contributed by atoms with Crippen LogP contribution < -0.4 is 0 Å². The van der Waals surface area contributed by atoms with Crippen molar-refractivity contribution in [1.29, 1.82) is 0 Å². The summed E-state index contributed by atoms with van der Waals surface area (Å²) in [7, 11) is -4.80. The number of aromatic amines is 1. The quantitative estimate of drug-likeness (QED) is 0.525. The van der Waals surface area contributed by atoms with Gasteiger partial charge in [-0.2, -0.15) is 0 Å². The molecule has 0 unspecified atom stereocenters. The second-order valence-corrected chi connectivity index (χ2v) is 6.38. The first-order valence-corrected chi connectivity index (χ1v) is 7.96. The first-order valence-electron chi connectivity index (χ1n) is 6.55. The van der Waals surface area contributed by atoms with Crippen LogP contribution in [0.1, 0.15) is 31.8 Å². The Bertz CT molecular complexity index is 1130. The number of nitrogens with one attached hydrogen (secondary N) is 1. The highest BCUT2D eigenvalue weighted by Gasteiger charge is 2.32. The van der Waals surface area contributed by atoms with Gasteiger partial charge in [-0.15, -0.1) is 0 Å². The molecule has 4 rings (SSSR count). The van der Waals surface area contributed by atoms with Gasteiger partial charge in [0, 0.05) is 16.7 Å². The fraction of sp³-hybridized carbons (Fsp3) is 0. The molecular weight excluding hydrogens is 320 g/mol. The van der Waals surface area contributed by atoms with E-state index in [2.05, 4.69) is 9.97 Å². The molecule has 1 aliphatic carbocycles. The van der Waals surface area contributed by atoms with Gasteiger partial charge in [0.1, 0.15) is 5.52 Å². The van der Waals surface area contributed by atoms with Crippen molar-refractivity contribution in [2.24, 2.45) is 0 Å². The maximum absolute atomic E-state index is 12.7. The Morgan fingerprint density at radius 1 is 0.913 bits per heavy atom. The molecule has 0 atom stereocenters. The predicted octanol–water partition coefficient (Wildman–Crippen LogP) is 1.24. The summed E-state index contributed by atoms with van der Waals surface area (Å²) in [6.45, 7) is 0. The van der Waals surface area contributed by atoms with Crippen molar-refractivity contribution in [2.45, 2.75) is 5.16 Å². The molecule has 1 N–H and O–H groups in total. The number of carbonyl (C=O) groups excluding carboxylic acids is 2. The average molecular weight is 327 g/mol. The predicted molar refractivity (Wildman–Crippen MR) is 77.4 cm³/mol. The Morgan fingerprint density at radius 2 is 1.57 bits per heavy atom. The molecule has 3 aromatic rings. The third kappa shape index (κ3) is 1.85. The molecule has 1 aliphatic rings. The zero-order valence-corrected chi connectivity index (χ0v) is 12.2. The molecule has 0 bridgehead atoms. The van der Waals surface area contributed by atoms with Crippen molar-refractivity contribution in [3.05, 3.63) is 58.7 Å². The van der Waals surface area contributed by atoms with Gasteiger partial charge in [0.05, 0.1) is 11.1 Å². The number of aromatic nitrogens is 2. The Hall–Kier alpha value is -2.84. The topological polar surface area (TPSA) is 120 Å². The normalized spacial score (nSPS) is 14.0. The van der Waals surface area contributed by atoms with E-state index in [1.165, 1.54) is 18.2 Å². The van der Waals surface area contributed by atoms with Gasteiger partial charge in [-0.1, -0.05) is 24.3 Å². The number of hydrogen-bond donors (Lipinski definition) is 1. The summed E-state index contributed by atoms with van der Waals surface area (Å²) < 4.78 is 33.3. The van der Waals surface area contributed by atoms with Gasteiger partial charge < -0.3 is 9.54 Å². The fourth-order valence-electron chi connectivity index (χ4n) is 2.75. The lowest BCUT2D eigenvalue weighted by molar-refractivity contribution is 0.0980. The van der Waals surface area contributed by atoms with Crippen LogP contribution in [0, 0.1) is 0 Å². The van der Waals surface area contributed by atoms with Crippen molar-refractivity contribution < 1.29 is 22.6 Å². The van der Waals surface area contributed by atoms with E-state index in [9.17, 15) is 22.6 Å². The molecule has 23 heavy (non-hydrogen) atoms. The van der Waals surface area contributed by atoms with Crippen LogP contribution >= 0.6 is 0 Å². The third-order valence-electron chi connectivity index (χ3n) is 3.76. The van der Waals surface area contributed by atoms with E-state index in [1.807, 2.05) is 0 Å². The number of benzene rings is 2. The summed E-state index contributed by atoms with van der Waals surface area (Å²) in [6.07, 6.45) is 0. The zero-order valence-electron chi connectivity index (χ0n) is 11.4. The van der Waals surface area contributed by atoms with Gasteiger partial charge in [-0.25, -0.2) is 13.4 Å². The molecular formula is C15H7N2O5S-. The van der Waals surface area contributed by atoms with Crippen LogP contribution in [-0.4, -0.2) is 34.5 Å². The van der Waals surface area contributed by atoms with E-state index in [0.717, 1.165) is 0 Å². The molecule has 0 amide bonds. The van der Waals surface area contributed by atoms with E-state index in [4.69, 9.17) is 0 Å². The van der Waals surface area contributed by atoms with Crippen LogP contribution in [0.25, 0.3) is 11.0 Å². The Labute approximate surface area is 129 Å². The average Bonchev–Trinajstić information content (AvgIpc) is 2.96. The van der Waals surface area contributed by atoms with Gasteiger partial charge >= 0.3 is 0 Å². The third-order valence-corrected chi connectivity index (χ3v) is 4.42. The minimum absolute atomic E-state index is 0.00442. The summed E-state index contributed by atoms with van der Waals surface area (Å²) in [4.78, 5) is 31.3. The lowest BCUT2D eigenvalue weighted by Gasteiger charge is -2.17. The van der Waals surface area contributed by atoms with Gasteiger partial charge in [0.2, 0.25) is 5.16 Å². The second kappa shape index (κ2) is 4.34. The highest BCUT2D eigenvalue weighted by atomic mass is 32.2. The minimum atomic E-state index is -4.80. The minimum Gasteiger partial charge on any atom is -0.742 e. The molecule has 0 fully saturated rings. The summed E-state index contributed by atoms with van der Waals surface area (Å²) >= 11 is 0. The molecule has 0 aliphatic heterocycles. The lowest BCUT2D eigenvalue weighted by Crippen LogP contribution is -2.21. The number of fused-ring (bicyclic) bond motifs is 4. The number of hydrogen-bond acceptors (Lipinski definition) is 6.